The van der Waals surface area contributed by atoms with Crippen molar-refractivity contribution in [3.8, 4) is 0 Å². The summed E-state index contributed by atoms with van der Waals surface area (Å²) in [5, 5.41) is 1.12. The van der Waals surface area contributed by atoms with Gasteiger partial charge in [-0.2, -0.15) is 0 Å². The van der Waals surface area contributed by atoms with Crippen molar-refractivity contribution in [3.63, 3.8) is 0 Å². The summed E-state index contributed by atoms with van der Waals surface area (Å²) in [7, 11) is 0. The Morgan fingerprint density at radius 3 is 2.60 bits per heavy atom. The molecule has 0 unspecified atom stereocenters. The molecular formula is C18H23NO. The average molecular weight is 269 g/mol. The minimum Gasteiger partial charge on any atom is -0.358 e. The predicted octanol–water partition coefficient (Wildman–Crippen LogP) is 4.97. The summed E-state index contributed by atoms with van der Waals surface area (Å²) < 4.78 is 0. The first-order valence-corrected chi connectivity index (χ1v) is 7.74. The summed E-state index contributed by atoms with van der Waals surface area (Å²) in [6, 6.07) is 6.47. The van der Waals surface area contributed by atoms with Crippen molar-refractivity contribution in [2.24, 2.45) is 5.92 Å². The molecule has 0 atom stereocenters. The standard InChI is InChI=1S/C18H23NO/c1-11(2)14-8-9-16-15(10-14)17(12(3)19-16)18(20)13-6-4-5-7-13/h8-11,13,19H,4-7H2,1-3H3. The molecule has 0 spiro atoms. The highest BCUT2D eigenvalue weighted by Gasteiger charge is 2.27. The van der Waals surface area contributed by atoms with Crippen LogP contribution in [0.25, 0.3) is 10.9 Å². The zero-order valence-electron chi connectivity index (χ0n) is 12.6. The number of benzene rings is 1. The second-order valence-electron chi connectivity index (χ2n) is 6.43. The van der Waals surface area contributed by atoms with Crippen molar-refractivity contribution in [2.45, 2.75) is 52.4 Å². The highest BCUT2D eigenvalue weighted by atomic mass is 16.1. The Hall–Kier alpha value is -1.57. The van der Waals surface area contributed by atoms with Crippen LogP contribution in [-0.2, 0) is 0 Å². The number of ketones is 1. The van der Waals surface area contributed by atoms with Crippen molar-refractivity contribution in [3.05, 3.63) is 35.0 Å². The van der Waals surface area contributed by atoms with E-state index in [-0.39, 0.29) is 5.92 Å². The van der Waals surface area contributed by atoms with E-state index in [1.54, 1.807) is 0 Å². The monoisotopic (exact) mass is 269 g/mol. The lowest BCUT2D eigenvalue weighted by Crippen LogP contribution is -2.11. The number of hydrogen-bond donors (Lipinski definition) is 1. The van der Waals surface area contributed by atoms with Crippen LogP contribution in [-0.4, -0.2) is 10.8 Å². The highest BCUT2D eigenvalue weighted by molar-refractivity contribution is 6.10. The molecule has 1 aliphatic carbocycles. The number of aromatic amines is 1. The van der Waals surface area contributed by atoms with E-state index in [0.717, 1.165) is 35.0 Å². The molecular weight excluding hydrogens is 246 g/mol. The van der Waals surface area contributed by atoms with Gasteiger partial charge in [0, 0.05) is 28.1 Å². The molecule has 1 heterocycles. The van der Waals surface area contributed by atoms with Gasteiger partial charge in [0.05, 0.1) is 0 Å². The molecule has 20 heavy (non-hydrogen) atoms. The SMILES string of the molecule is Cc1[nH]c2ccc(C(C)C)cc2c1C(=O)C1CCCC1. The minimum atomic E-state index is 0.246. The van der Waals surface area contributed by atoms with Crippen LogP contribution in [0.4, 0.5) is 0 Å². The smallest absolute Gasteiger partial charge is 0.168 e. The van der Waals surface area contributed by atoms with Gasteiger partial charge in [0.25, 0.3) is 0 Å². The van der Waals surface area contributed by atoms with Gasteiger partial charge in [0.1, 0.15) is 0 Å². The lowest BCUT2D eigenvalue weighted by Gasteiger charge is -2.09. The molecule has 1 fully saturated rings. The summed E-state index contributed by atoms with van der Waals surface area (Å²) in [4.78, 5) is 16.2. The van der Waals surface area contributed by atoms with Gasteiger partial charge in [0.2, 0.25) is 0 Å². The number of rotatable bonds is 3. The number of fused-ring (bicyclic) bond motifs is 1. The fourth-order valence-electron chi connectivity index (χ4n) is 3.41. The predicted molar refractivity (Wildman–Crippen MR) is 83.4 cm³/mol. The number of aryl methyl sites for hydroxylation is 1. The minimum absolute atomic E-state index is 0.246. The largest absolute Gasteiger partial charge is 0.358 e. The number of aromatic nitrogens is 1. The Labute approximate surface area is 120 Å². The molecule has 1 aliphatic rings. The number of carbonyl (C=O) groups is 1. The Balaban J connectivity index is 2.10. The van der Waals surface area contributed by atoms with Crippen LogP contribution in [0.1, 0.15) is 67.1 Å². The average Bonchev–Trinajstić information content (AvgIpc) is 3.03. The summed E-state index contributed by atoms with van der Waals surface area (Å²) in [5.41, 5.74) is 4.36. The Morgan fingerprint density at radius 1 is 1.25 bits per heavy atom. The van der Waals surface area contributed by atoms with Crippen molar-refractivity contribution in [1.29, 1.82) is 0 Å². The third-order valence-corrected chi connectivity index (χ3v) is 4.65. The maximum atomic E-state index is 12.8. The van der Waals surface area contributed by atoms with Gasteiger partial charge in [0.15, 0.2) is 5.78 Å². The van der Waals surface area contributed by atoms with Gasteiger partial charge in [-0.25, -0.2) is 0 Å². The van der Waals surface area contributed by atoms with Crippen LogP contribution in [0, 0.1) is 12.8 Å². The summed E-state index contributed by atoms with van der Waals surface area (Å²) in [6.07, 6.45) is 4.54. The number of carbonyl (C=O) groups excluding carboxylic acids is 1. The molecule has 0 saturated heterocycles. The first-order chi connectivity index (χ1) is 9.58. The van der Waals surface area contributed by atoms with E-state index in [1.807, 2.05) is 6.92 Å². The molecule has 0 aliphatic heterocycles. The lowest BCUT2D eigenvalue weighted by molar-refractivity contribution is 0.0924. The van der Waals surface area contributed by atoms with Gasteiger partial charge < -0.3 is 4.98 Å². The Morgan fingerprint density at radius 2 is 1.95 bits per heavy atom. The topological polar surface area (TPSA) is 32.9 Å². The molecule has 2 aromatic rings. The van der Waals surface area contributed by atoms with Gasteiger partial charge >= 0.3 is 0 Å². The van der Waals surface area contributed by atoms with E-state index < -0.39 is 0 Å². The van der Waals surface area contributed by atoms with E-state index in [4.69, 9.17) is 0 Å². The van der Waals surface area contributed by atoms with E-state index >= 15 is 0 Å². The molecule has 1 aromatic heterocycles. The molecule has 2 nitrogen and oxygen atoms in total. The van der Waals surface area contributed by atoms with Crippen LogP contribution < -0.4 is 0 Å². The van der Waals surface area contributed by atoms with E-state index in [2.05, 4.69) is 37.0 Å². The molecule has 0 radical (unpaired) electrons. The van der Waals surface area contributed by atoms with Gasteiger partial charge in [-0.15, -0.1) is 0 Å². The van der Waals surface area contributed by atoms with E-state index in [1.165, 1.54) is 18.4 Å². The van der Waals surface area contributed by atoms with Crippen molar-refractivity contribution < 1.29 is 4.79 Å². The van der Waals surface area contributed by atoms with Crippen LogP contribution in [0.5, 0.6) is 0 Å². The zero-order chi connectivity index (χ0) is 14.3. The molecule has 0 bridgehead atoms. The lowest BCUT2D eigenvalue weighted by atomic mass is 9.93. The number of Topliss-reactive ketones (excluding diaryl/α,β-unsaturated/α-hetero) is 1. The molecule has 3 rings (SSSR count). The first kappa shape index (κ1) is 13.4. The second kappa shape index (κ2) is 5.08. The van der Waals surface area contributed by atoms with E-state index in [0.29, 0.717) is 11.7 Å². The maximum Gasteiger partial charge on any atom is 0.168 e. The second-order valence-corrected chi connectivity index (χ2v) is 6.43. The summed E-state index contributed by atoms with van der Waals surface area (Å²) in [5.74, 6) is 1.09. The molecule has 0 amide bonds. The molecule has 106 valence electrons. The first-order valence-electron chi connectivity index (χ1n) is 7.74. The van der Waals surface area contributed by atoms with Crippen molar-refractivity contribution in [2.75, 3.05) is 0 Å². The van der Waals surface area contributed by atoms with Crippen molar-refractivity contribution in [1.82, 2.24) is 4.98 Å². The molecule has 1 N–H and O–H groups in total. The van der Waals surface area contributed by atoms with Crippen LogP contribution in [0.2, 0.25) is 0 Å². The molecule has 2 heteroatoms. The summed E-state index contributed by atoms with van der Waals surface area (Å²) >= 11 is 0. The van der Waals surface area contributed by atoms with E-state index in [9.17, 15) is 4.79 Å². The zero-order valence-corrected chi connectivity index (χ0v) is 12.6. The quantitative estimate of drug-likeness (QED) is 0.784. The number of hydrogen-bond acceptors (Lipinski definition) is 1. The highest BCUT2D eigenvalue weighted by Crippen LogP contribution is 2.33. The molecule has 1 aromatic carbocycles. The van der Waals surface area contributed by atoms with Gasteiger partial charge in [-0.3, -0.25) is 4.79 Å². The normalized spacial score (nSPS) is 16.4. The van der Waals surface area contributed by atoms with Crippen molar-refractivity contribution >= 4 is 16.7 Å². The third kappa shape index (κ3) is 2.17. The fraction of sp³-hybridized carbons (Fsp3) is 0.500. The van der Waals surface area contributed by atoms with Crippen LogP contribution in [0.15, 0.2) is 18.2 Å². The number of nitrogens with one attached hydrogen (secondary N) is 1. The molecule has 1 saturated carbocycles. The Kier molecular flexibility index (Phi) is 3.41. The summed E-state index contributed by atoms with van der Waals surface area (Å²) in [6.45, 7) is 6.41. The van der Waals surface area contributed by atoms with Gasteiger partial charge in [-0.1, -0.05) is 32.8 Å². The Bertz CT molecular complexity index is 645. The van der Waals surface area contributed by atoms with Crippen LogP contribution >= 0.6 is 0 Å². The fourth-order valence-corrected chi connectivity index (χ4v) is 3.41. The maximum absolute atomic E-state index is 12.8. The third-order valence-electron chi connectivity index (χ3n) is 4.65. The van der Waals surface area contributed by atoms with Crippen LogP contribution in [0.3, 0.4) is 0 Å². The number of H-pyrrole nitrogens is 1. The van der Waals surface area contributed by atoms with Gasteiger partial charge in [-0.05, 0) is 43.4 Å².